The average Bonchev–Trinajstić information content (AvgIpc) is 3.09. The minimum absolute atomic E-state index is 0.576. The number of methoxy groups -OCH3 is 1. The maximum Gasteiger partial charge on any atom is 0.191 e. The summed E-state index contributed by atoms with van der Waals surface area (Å²) >= 11 is 0. The normalized spacial score (nSPS) is 11.5. The van der Waals surface area contributed by atoms with Crippen LogP contribution < -0.4 is 15.4 Å². The van der Waals surface area contributed by atoms with E-state index < -0.39 is 0 Å². The highest BCUT2D eigenvalue weighted by molar-refractivity contribution is 5.83. The van der Waals surface area contributed by atoms with E-state index in [1.165, 1.54) is 16.5 Å². The summed E-state index contributed by atoms with van der Waals surface area (Å²) in [6, 6.07) is 16.4. The molecular formula is C21H26N4O. The first-order valence-corrected chi connectivity index (χ1v) is 9.01. The summed E-state index contributed by atoms with van der Waals surface area (Å²) in [7, 11) is 1.69. The number of benzene rings is 2. The molecule has 0 fully saturated rings. The molecule has 0 unspecified atom stereocenters. The number of rotatable bonds is 7. The molecule has 0 aliphatic rings. The van der Waals surface area contributed by atoms with Crippen LogP contribution in [0.1, 0.15) is 18.1 Å². The van der Waals surface area contributed by atoms with Crippen LogP contribution in [0.2, 0.25) is 0 Å². The second-order valence-corrected chi connectivity index (χ2v) is 6.04. The molecule has 1 aromatic heterocycles. The van der Waals surface area contributed by atoms with E-state index >= 15 is 0 Å². The number of aromatic nitrogens is 1. The summed E-state index contributed by atoms with van der Waals surface area (Å²) in [5.74, 6) is 1.68. The average molecular weight is 350 g/mol. The van der Waals surface area contributed by atoms with Crippen LogP contribution in [0, 0.1) is 0 Å². The molecule has 26 heavy (non-hydrogen) atoms. The topological polar surface area (TPSA) is 61.4 Å². The number of nitrogens with one attached hydrogen (secondary N) is 3. The van der Waals surface area contributed by atoms with Gasteiger partial charge in [-0.2, -0.15) is 0 Å². The predicted octanol–water partition coefficient (Wildman–Crippen LogP) is 3.47. The first-order chi connectivity index (χ1) is 12.8. The van der Waals surface area contributed by atoms with Gasteiger partial charge >= 0.3 is 0 Å². The zero-order valence-corrected chi connectivity index (χ0v) is 15.4. The van der Waals surface area contributed by atoms with Gasteiger partial charge in [0.15, 0.2) is 5.96 Å². The Labute approximate surface area is 154 Å². The van der Waals surface area contributed by atoms with Crippen molar-refractivity contribution >= 4 is 16.9 Å². The molecule has 0 aliphatic carbocycles. The summed E-state index contributed by atoms with van der Waals surface area (Å²) < 4.78 is 5.40. The van der Waals surface area contributed by atoms with Crippen molar-refractivity contribution in [2.75, 3.05) is 20.2 Å². The van der Waals surface area contributed by atoms with Crippen molar-refractivity contribution in [2.24, 2.45) is 4.99 Å². The van der Waals surface area contributed by atoms with E-state index in [1.54, 1.807) is 7.11 Å². The molecule has 0 saturated heterocycles. The third kappa shape index (κ3) is 4.36. The van der Waals surface area contributed by atoms with Crippen LogP contribution in [0.4, 0.5) is 0 Å². The van der Waals surface area contributed by atoms with Gasteiger partial charge in [0.25, 0.3) is 0 Å². The Hall–Kier alpha value is -2.95. The van der Waals surface area contributed by atoms with Crippen molar-refractivity contribution in [1.82, 2.24) is 15.6 Å². The summed E-state index contributed by atoms with van der Waals surface area (Å²) in [5, 5.41) is 8.00. The van der Waals surface area contributed by atoms with Gasteiger partial charge in [-0.15, -0.1) is 0 Å². The molecule has 0 aliphatic heterocycles. The van der Waals surface area contributed by atoms with Gasteiger partial charge in [0.05, 0.1) is 13.7 Å². The standard InChI is InChI=1S/C21H26N4O/c1-3-22-21(25-15-17-8-4-7-11-20(17)26-2)23-13-12-16-14-24-19-10-6-5-9-18(16)19/h4-11,14,24H,3,12-13,15H2,1-2H3,(H2,22,23,25). The Morgan fingerprint density at radius 2 is 1.85 bits per heavy atom. The number of aliphatic imine (C=N–C) groups is 1. The Kier molecular flexibility index (Phi) is 6.14. The minimum atomic E-state index is 0.576. The van der Waals surface area contributed by atoms with Crippen molar-refractivity contribution in [3.8, 4) is 5.75 Å². The van der Waals surface area contributed by atoms with E-state index in [0.29, 0.717) is 6.54 Å². The van der Waals surface area contributed by atoms with Crippen molar-refractivity contribution in [3.63, 3.8) is 0 Å². The lowest BCUT2D eigenvalue weighted by molar-refractivity contribution is 0.410. The van der Waals surface area contributed by atoms with Gasteiger partial charge in [-0.05, 0) is 31.0 Å². The second-order valence-electron chi connectivity index (χ2n) is 6.04. The zero-order valence-electron chi connectivity index (χ0n) is 15.4. The summed E-state index contributed by atoms with van der Waals surface area (Å²) in [6.07, 6.45) is 3.02. The highest BCUT2D eigenvalue weighted by atomic mass is 16.5. The van der Waals surface area contributed by atoms with Crippen molar-refractivity contribution in [1.29, 1.82) is 0 Å². The summed E-state index contributed by atoms with van der Waals surface area (Å²) in [4.78, 5) is 8.00. The maximum absolute atomic E-state index is 5.40. The number of para-hydroxylation sites is 2. The van der Waals surface area contributed by atoms with Crippen LogP contribution in [0.15, 0.2) is 59.7 Å². The molecule has 2 aromatic carbocycles. The quantitative estimate of drug-likeness (QED) is 0.452. The molecule has 0 spiro atoms. The fourth-order valence-electron chi connectivity index (χ4n) is 2.99. The number of ether oxygens (including phenoxy) is 1. The Morgan fingerprint density at radius 1 is 1.04 bits per heavy atom. The molecular weight excluding hydrogens is 324 g/mol. The number of guanidine groups is 1. The van der Waals surface area contributed by atoms with E-state index in [9.17, 15) is 0 Å². The molecule has 3 rings (SSSR count). The number of nitrogens with zero attached hydrogens (tertiary/aromatic N) is 1. The number of hydrogen-bond acceptors (Lipinski definition) is 2. The SMILES string of the molecule is CCNC(=NCc1ccccc1OC)NCCc1c[nH]c2ccccc12. The van der Waals surface area contributed by atoms with E-state index in [-0.39, 0.29) is 0 Å². The lowest BCUT2D eigenvalue weighted by Crippen LogP contribution is -2.38. The molecule has 0 bridgehead atoms. The maximum atomic E-state index is 5.40. The van der Waals surface area contributed by atoms with Crippen LogP contribution >= 0.6 is 0 Å². The fourth-order valence-corrected chi connectivity index (χ4v) is 2.99. The summed E-state index contributed by atoms with van der Waals surface area (Å²) in [5.41, 5.74) is 3.57. The molecule has 0 radical (unpaired) electrons. The van der Waals surface area contributed by atoms with Gasteiger partial charge in [-0.1, -0.05) is 36.4 Å². The van der Waals surface area contributed by atoms with E-state index in [1.807, 2.05) is 24.3 Å². The van der Waals surface area contributed by atoms with Crippen LogP contribution in [0.25, 0.3) is 10.9 Å². The molecule has 0 saturated carbocycles. The van der Waals surface area contributed by atoms with Crippen LogP contribution in [0.5, 0.6) is 5.75 Å². The van der Waals surface area contributed by atoms with Crippen LogP contribution in [0.3, 0.4) is 0 Å². The summed E-state index contributed by atoms with van der Waals surface area (Å²) in [6.45, 7) is 4.29. The highest BCUT2D eigenvalue weighted by Gasteiger charge is 2.05. The van der Waals surface area contributed by atoms with Gasteiger partial charge in [0.2, 0.25) is 0 Å². The fraction of sp³-hybridized carbons (Fsp3) is 0.286. The second kappa shape index (κ2) is 8.94. The van der Waals surface area contributed by atoms with Gasteiger partial charge in [-0.3, -0.25) is 0 Å². The van der Waals surface area contributed by atoms with Gasteiger partial charge < -0.3 is 20.4 Å². The lowest BCUT2D eigenvalue weighted by atomic mass is 10.1. The third-order valence-corrected chi connectivity index (χ3v) is 4.31. The molecule has 0 amide bonds. The first-order valence-electron chi connectivity index (χ1n) is 9.01. The Bertz CT molecular complexity index is 869. The Balaban J connectivity index is 1.61. The van der Waals surface area contributed by atoms with Crippen LogP contribution in [-0.2, 0) is 13.0 Å². The molecule has 5 nitrogen and oxygen atoms in total. The van der Waals surface area contributed by atoms with E-state index in [0.717, 1.165) is 36.8 Å². The molecule has 1 heterocycles. The minimum Gasteiger partial charge on any atom is -0.496 e. The largest absolute Gasteiger partial charge is 0.496 e. The van der Waals surface area contributed by atoms with E-state index in [4.69, 9.17) is 4.74 Å². The van der Waals surface area contributed by atoms with Gasteiger partial charge in [0, 0.05) is 35.8 Å². The van der Waals surface area contributed by atoms with Gasteiger partial charge in [-0.25, -0.2) is 4.99 Å². The first kappa shape index (κ1) is 17.9. The zero-order chi connectivity index (χ0) is 18.2. The van der Waals surface area contributed by atoms with Crippen molar-refractivity contribution in [3.05, 3.63) is 65.9 Å². The van der Waals surface area contributed by atoms with E-state index in [2.05, 4.69) is 58.0 Å². The van der Waals surface area contributed by atoms with Crippen molar-refractivity contribution in [2.45, 2.75) is 19.9 Å². The predicted molar refractivity (Wildman–Crippen MR) is 108 cm³/mol. The molecule has 0 atom stereocenters. The highest BCUT2D eigenvalue weighted by Crippen LogP contribution is 2.18. The third-order valence-electron chi connectivity index (χ3n) is 4.31. The van der Waals surface area contributed by atoms with Crippen molar-refractivity contribution < 1.29 is 4.74 Å². The smallest absolute Gasteiger partial charge is 0.191 e. The number of H-pyrrole nitrogens is 1. The molecule has 3 N–H and O–H groups in total. The van der Waals surface area contributed by atoms with Gasteiger partial charge in [0.1, 0.15) is 5.75 Å². The monoisotopic (exact) mass is 350 g/mol. The molecule has 136 valence electrons. The Morgan fingerprint density at radius 3 is 2.69 bits per heavy atom. The molecule has 5 heteroatoms. The number of aromatic amines is 1. The molecule has 3 aromatic rings. The lowest BCUT2D eigenvalue weighted by Gasteiger charge is -2.12. The number of hydrogen-bond donors (Lipinski definition) is 3. The van der Waals surface area contributed by atoms with Crippen LogP contribution in [-0.4, -0.2) is 31.1 Å². The number of fused-ring (bicyclic) bond motifs is 1.